The molecule has 6 nitrogen and oxygen atoms in total. The summed E-state index contributed by atoms with van der Waals surface area (Å²) in [6.07, 6.45) is 3.38. The fourth-order valence-corrected chi connectivity index (χ4v) is 2.30. The summed E-state index contributed by atoms with van der Waals surface area (Å²) >= 11 is 0. The van der Waals surface area contributed by atoms with Gasteiger partial charge >= 0.3 is 0 Å². The second-order valence-electron chi connectivity index (χ2n) is 4.52. The minimum atomic E-state index is -0.142. The van der Waals surface area contributed by atoms with E-state index in [-0.39, 0.29) is 5.91 Å². The molecule has 0 radical (unpaired) electrons. The maximum Gasteiger partial charge on any atom is 0.258 e. The Kier molecular flexibility index (Phi) is 2.91. The van der Waals surface area contributed by atoms with Crippen LogP contribution in [0.25, 0.3) is 0 Å². The van der Waals surface area contributed by atoms with Gasteiger partial charge in [-0.2, -0.15) is 10.1 Å². The van der Waals surface area contributed by atoms with Crippen molar-refractivity contribution in [3.63, 3.8) is 0 Å². The first-order valence-corrected chi connectivity index (χ1v) is 6.27. The summed E-state index contributed by atoms with van der Waals surface area (Å²) in [4.78, 5) is 16.3. The third-order valence-corrected chi connectivity index (χ3v) is 3.28. The molecule has 1 amide bonds. The lowest BCUT2D eigenvalue weighted by atomic mass is 9.97. The maximum atomic E-state index is 12.3. The molecule has 1 aromatic heterocycles. The standard InChI is InChI=1S/C13H15N5O/c1-18-13(15-8-16-18)17-12(19)10-4-2-6-11-9(10)5-3-7-14-11/h2,4,6,8,14H,3,5,7H2,1H3,(H,15,16,17,19). The van der Waals surface area contributed by atoms with E-state index in [0.29, 0.717) is 11.5 Å². The molecule has 1 aliphatic rings. The monoisotopic (exact) mass is 257 g/mol. The number of carbonyl (C=O) groups excluding carboxylic acids is 1. The van der Waals surface area contributed by atoms with Gasteiger partial charge in [0, 0.05) is 24.8 Å². The van der Waals surface area contributed by atoms with Gasteiger partial charge in [0.05, 0.1) is 0 Å². The van der Waals surface area contributed by atoms with Crippen LogP contribution in [0.3, 0.4) is 0 Å². The fourth-order valence-electron chi connectivity index (χ4n) is 2.30. The average Bonchev–Trinajstić information content (AvgIpc) is 2.83. The van der Waals surface area contributed by atoms with E-state index in [9.17, 15) is 4.79 Å². The van der Waals surface area contributed by atoms with Crippen molar-refractivity contribution in [3.05, 3.63) is 35.7 Å². The zero-order valence-corrected chi connectivity index (χ0v) is 10.7. The van der Waals surface area contributed by atoms with Crippen LogP contribution in [-0.4, -0.2) is 27.2 Å². The lowest BCUT2D eigenvalue weighted by Crippen LogP contribution is -2.20. The first kappa shape index (κ1) is 11.7. The molecular formula is C13H15N5O. The van der Waals surface area contributed by atoms with Gasteiger partial charge in [0.1, 0.15) is 6.33 Å². The smallest absolute Gasteiger partial charge is 0.258 e. The first-order chi connectivity index (χ1) is 9.25. The summed E-state index contributed by atoms with van der Waals surface area (Å²) in [6, 6.07) is 5.74. The topological polar surface area (TPSA) is 71.8 Å². The Morgan fingerprint density at radius 1 is 1.47 bits per heavy atom. The molecule has 2 N–H and O–H groups in total. The molecule has 2 heterocycles. The van der Waals surface area contributed by atoms with Crippen molar-refractivity contribution >= 4 is 17.5 Å². The Balaban J connectivity index is 1.90. The van der Waals surface area contributed by atoms with Gasteiger partial charge in [-0.1, -0.05) is 6.07 Å². The number of hydrogen-bond donors (Lipinski definition) is 2. The highest BCUT2D eigenvalue weighted by Gasteiger charge is 2.18. The molecular weight excluding hydrogens is 242 g/mol. The Bertz CT molecular complexity index is 619. The predicted molar refractivity (Wildman–Crippen MR) is 72.2 cm³/mol. The van der Waals surface area contributed by atoms with Gasteiger partial charge in [-0.25, -0.2) is 4.68 Å². The molecule has 1 aromatic carbocycles. The number of anilines is 2. The number of amides is 1. The van der Waals surface area contributed by atoms with E-state index in [1.165, 1.54) is 11.0 Å². The van der Waals surface area contributed by atoms with Gasteiger partial charge in [0.25, 0.3) is 5.91 Å². The second-order valence-corrected chi connectivity index (χ2v) is 4.52. The molecule has 1 aliphatic heterocycles. The van der Waals surface area contributed by atoms with Gasteiger partial charge < -0.3 is 5.32 Å². The average molecular weight is 257 g/mol. The summed E-state index contributed by atoms with van der Waals surface area (Å²) in [6.45, 7) is 0.960. The van der Waals surface area contributed by atoms with Crippen LogP contribution < -0.4 is 10.6 Å². The number of benzene rings is 1. The van der Waals surface area contributed by atoms with E-state index in [1.807, 2.05) is 18.2 Å². The number of hydrogen-bond acceptors (Lipinski definition) is 4. The minimum Gasteiger partial charge on any atom is -0.385 e. The molecule has 3 rings (SSSR count). The van der Waals surface area contributed by atoms with E-state index in [0.717, 1.165) is 30.6 Å². The zero-order chi connectivity index (χ0) is 13.2. The third kappa shape index (κ3) is 2.16. The van der Waals surface area contributed by atoms with Crippen LogP contribution in [0.1, 0.15) is 22.3 Å². The Morgan fingerprint density at radius 2 is 2.37 bits per heavy atom. The Morgan fingerprint density at radius 3 is 3.16 bits per heavy atom. The summed E-state index contributed by atoms with van der Waals surface area (Å²) in [5.74, 6) is 0.308. The molecule has 0 saturated carbocycles. The molecule has 0 bridgehead atoms. The van der Waals surface area contributed by atoms with Crippen molar-refractivity contribution in [1.82, 2.24) is 14.8 Å². The Hall–Kier alpha value is -2.37. The number of fused-ring (bicyclic) bond motifs is 1. The van der Waals surface area contributed by atoms with Gasteiger partial charge in [0.2, 0.25) is 5.95 Å². The van der Waals surface area contributed by atoms with E-state index < -0.39 is 0 Å². The highest BCUT2D eigenvalue weighted by molar-refractivity contribution is 6.05. The lowest BCUT2D eigenvalue weighted by Gasteiger charge is -2.20. The number of aryl methyl sites for hydroxylation is 1. The van der Waals surface area contributed by atoms with Crippen LogP contribution in [0.5, 0.6) is 0 Å². The van der Waals surface area contributed by atoms with Crippen LogP contribution in [0.15, 0.2) is 24.5 Å². The molecule has 98 valence electrons. The number of nitrogens with one attached hydrogen (secondary N) is 2. The van der Waals surface area contributed by atoms with Crippen molar-refractivity contribution in [2.24, 2.45) is 7.05 Å². The molecule has 6 heteroatoms. The van der Waals surface area contributed by atoms with E-state index in [1.54, 1.807) is 7.05 Å². The number of rotatable bonds is 2. The van der Waals surface area contributed by atoms with Gasteiger partial charge in [-0.15, -0.1) is 0 Å². The molecule has 0 unspecified atom stereocenters. The van der Waals surface area contributed by atoms with E-state index >= 15 is 0 Å². The third-order valence-electron chi connectivity index (χ3n) is 3.28. The molecule has 0 spiro atoms. The van der Waals surface area contributed by atoms with Crippen LogP contribution in [0, 0.1) is 0 Å². The Labute approximate surface area is 110 Å². The highest BCUT2D eigenvalue weighted by atomic mass is 16.1. The molecule has 0 saturated heterocycles. The van der Waals surface area contributed by atoms with Crippen molar-refractivity contribution in [3.8, 4) is 0 Å². The minimum absolute atomic E-state index is 0.142. The number of carbonyl (C=O) groups is 1. The fraction of sp³-hybridized carbons (Fsp3) is 0.308. The van der Waals surface area contributed by atoms with Gasteiger partial charge in [0.15, 0.2) is 0 Å². The van der Waals surface area contributed by atoms with E-state index in [4.69, 9.17) is 0 Å². The summed E-state index contributed by atoms with van der Waals surface area (Å²) in [5, 5.41) is 10.0. The van der Waals surface area contributed by atoms with Crippen molar-refractivity contribution in [1.29, 1.82) is 0 Å². The lowest BCUT2D eigenvalue weighted by molar-refractivity contribution is 0.102. The predicted octanol–water partition coefficient (Wildman–Crippen LogP) is 1.43. The van der Waals surface area contributed by atoms with Crippen molar-refractivity contribution in [2.45, 2.75) is 12.8 Å². The number of aromatic nitrogens is 3. The SMILES string of the molecule is Cn1ncnc1NC(=O)c1cccc2c1CCCN2. The first-order valence-electron chi connectivity index (χ1n) is 6.27. The largest absolute Gasteiger partial charge is 0.385 e. The summed E-state index contributed by atoms with van der Waals surface area (Å²) < 4.78 is 1.53. The summed E-state index contributed by atoms with van der Waals surface area (Å²) in [5.41, 5.74) is 2.83. The van der Waals surface area contributed by atoms with E-state index in [2.05, 4.69) is 20.7 Å². The molecule has 19 heavy (non-hydrogen) atoms. The molecule has 0 fully saturated rings. The van der Waals surface area contributed by atoms with Crippen molar-refractivity contribution in [2.75, 3.05) is 17.2 Å². The highest BCUT2D eigenvalue weighted by Crippen LogP contribution is 2.25. The molecule has 0 atom stereocenters. The number of nitrogens with zero attached hydrogens (tertiary/aromatic N) is 3. The van der Waals surface area contributed by atoms with Gasteiger partial charge in [-0.05, 0) is 30.5 Å². The van der Waals surface area contributed by atoms with Crippen LogP contribution in [0.2, 0.25) is 0 Å². The second kappa shape index (κ2) is 4.72. The van der Waals surface area contributed by atoms with Crippen LogP contribution in [-0.2, 0) is 13.5 Å². The molecule has 2 aromatic rings. The normalized spacial score (nSPS) is 13.5. The zero-order valence-electron chi connectivity index (χ0n) is 10.7. The van der Waals surface area contributed by atoms with Crippen molar-refractivity contribution < 1.29 is 4.79 Å². The van der Waals surface area contributed by atoms with Gasteiger partial charge in [-0.3, -0.25) is 10.1 Å². The molecule has 0 aliphatic carbocycles. The summed E-state index contributed by atoms with van der Waals surface area (Å²) in [7, 11) is 1.74. The van der Waals surface area contributed by atoms with Crippen LogP contribution in [0.4, 0.5) is 11.6 Å². The maximum absolute atomic E-state index is 12.3. The quantitative estimate of drug-likeness (QED) is 0.853. The van der Waals surface area contributed by atoms with Crippen LogP contribution >= 0.6 is 0 Å².